The van der Waals surface area contributed by atoms with E-state index in [4.69, 9.17) is 9.47 Å². The number of carbonyl (C=O) groups is 1. The molecule has 0 atom stereocenters. The number of allylic oxidation sites excluding steroid dienone is 1. The first-order valence-corrected chi connectivity index (χ1v) is 8.69. The molecule has 23 heavy (non-hydrogen) atoms. The first kappa shape index (κ1) is 19.3. The Balaban J connectivity index is 2.34. The smallest absolute Gasteiger partial charge is 0.311 e. The van der Waals surface area contributed by atoms with Crippen LogP contribution >= 0.6 is 0 Å². The molecule has 1 aromatic rings. The summed E-state index contributed by atoms with van der Waals surface area (Å²) in [7, 11) is 1.58. The molecule has 3 heteroatoms. The summed E-state index contributed by atoms with van der Waals surface area (Å²) >= 11 is 0. The van der Waals surface area contributed by atoms with Crippen LogP contribution in [0.4, 0.5) is 0 Å². The molecule has 0 amide bonds. The highest BCUT2D eigenvalue weighted by atomic mass is 16.6. The van der Waals surface area contributed by atoms with Crippen LogP contribution in [0.1, 0.15) is 63.9 Å². The topological polar surface area (TPSA) is 35.5 Å². The summed E-state index contributed by atoms with van der Waals surface area (Å²) in [6, 6.07) is 5.61. The SMILES string of the molecule is C=CCc1ccc(OC(=O)CCCCCCCCC)c(OC)c1. The molecular weight excluding hydrogens is 288 g/mol. The van der Waals surface area contributed by atoms with E-state index in [0.717, 1.165) is 24.8 Å². The summed E-state index contributed by atoms with van der Waals surface area (Å²) < 4.78 is 10.7. The number of esters is 1. The van der Waals surface area contributed by atoms with Crippen LogP contribution in [-0.2, 0) is 11.2 Å². The molecule has 0 unspecified atom stereocenters. The average Bonchev–Trinajstić information content (AvgIpc) is 2.55. The largest absolute Gasteiger partial charge is 0.493 e. The lowest BCUT2D eigenvalue weighted by molar-refractivity contribution is -0.134. The van der Waals surface area contributed by atoms with Gasteiger partial charge in [0.1, 0.15) is 0 Å². The minimum Gasteiger partial charge on any atom is -0.493 e. The Hall–Kier alpha value is -1.77. The van der Waals surface area contributed by atoms with Gasteiger partial charge in [-0.05, 0) is 30.5 Å². The number of carbonyl (C=O) groups excluding carboxylic acids is 1. The maximum atomic E-state index is 11.9. The van der Waals surface area contributed by atoms with Crippen molar-refractivity contribution in [3.8, 4) is 11.5 Å². The fraction of sp³-hybridized carbons (Fsp3) is 0.550. The second-order valence-corrected chi connectivity index (χ2v) is 5.82. The summed E-state index contributed by atoms with van der Waals surface area (Å²) in [5.41, 5.74) is 1.09. The van der Waals surface area contributed by atoms with Crippen LogP contribution in [0.3, 0.4) is 0 Å². The van der Waals surface area contributed by atoms with Crippen LogP contribution in [-0.4, -0.2) is 13.1 Å². The molecule has 128 valence electrons. The van der Waals surface area contributed by atoms with Gasteiger partial charge >= 0.3 is 5.97 Å². The van der Waals surface area contributed by atoms with Crippen molar-refractivity contribution in [2.24, 2.45) is 0 Å². The molecule has 0 spiro atoms. The standard InChI is InChI=1S/C20H30O3/c1-4-6-7-8-9-10-11-13-20(21)23-18-15-14-17(12-5-2)16-19(18)22-3/h5,14-16H,2,4,6-13H2,1,3H3. The zero-order valence-corrected chi connectivity index (χ0v) is 14.6. The molecular formula is C20H30O3. The van der Waals surface area contributed by atoms with Crippen molar-refractivity contribution >= 4 is 5.97 Å². The number of methoxy groups -OCH3 is 1. The molecule has 0 saturated heterocycles. The fourth-order valence-corrected chi connectivity index (χ4v) is 2.49. The highest BCUT2D eigenvalue weighted by molar-refractivity contribution is 5.73. The summed E-state index contributed by atoms with van der Waals surface area (Å²) in [6.45, 7) is 5.94. The second-order valence-electron chi connectivity index (χ2n) is 5.82. The van der Waals surface area contributed by atoms with Crippen LogP contribution in [0, 0.1) is 0 Å². The van der Waals surface area contributed by atoms with E-state index in [1.165, 1.54) is 32.1 Å². The van der Waals surface area contributed by atoms with E-state index in [2.05, 4.69) is 13.5 Å². The number of hydrogen-bond donors (Lipinski definition) is 0. The zero-order chi connectivity index (χ0) is 16.9. The molecule has 0 aliphatic carbocycles. The molecule has 0 aliphatic heterocycles. The van der Waals surface area contributed by atoms with Crippen molar-refractivity contribution < 1.29 is 14.3 Å². The molecule has 0 N–H and O–H groups in total. The molecule has 1 rings (SSSR count). The Morgan fingerprint density at radius 2 is 1.78 bits per heavy atom. The Morgan fingerprint density at radius 1 is 1.09 bits per heavy atom. The molecule has 3 nitrogen and oxygen atoms in total. The van der Waals surface area contributed by atoms with Gasteiger partial charge < -0.3 is 9.47 Å². The third-order valence-corrected chi connectivity index (χ3v) is 3.82. The highest BCUT2D eigenvalue weighted by Crippen LogP contribution is 2.28. The lowest BCUT2D eigenvalue weighted by atomic mass is 10.1. The van der Waals surface area contributed by atoms with E-state index in [1.807, 2.05) is 18.2 Å². The average molecular weight is 318 g/mol. The second kappa shape index (κ2) is 11.8. The molecule has 0 bridgehead atoms. The van der Waals surface area contributed by atoms with Crippen LogP contribution in [0.15, 0.2) is 30.9 Å². The summed E-state index contributed by atoms with van der Waals surface area (Å²) in [4.78, 5) is 11.9. The Bertz CT molecular complexity index is 480. The van der Waals surface area contributed by atoms with Crippen molar-refractivity contribution in [3.63, 3.8) is 0 Å². The molecule has 0 aliphatic rings. The van der Waals surface area contributed by atoms with E-state index in [-0.39, 0.29) is 5.97 Å². The quantitative estimate of drug-likeness (QED) is 0.222. The van der Waals surface area contributed by atoms with Gasteiger partial charge in [-0.3, -0.25) is 4.79 Å². The maximum Gasteiger partial charge on any atom is 0.311 e. The number of hydrogen-bond acceptors (Lipinski definition) is 3. The minimum absolute atomic E-state index is 0.187. The Morgan fingerprint density at radius 3 is 2.43 bits per heavy atom. The van der Waals surface area contributed by atoms with Crippen molar-refractivity contribution in [1.82, 2.24) is 0 Å². The highest BCUT2D eigenvalue weighted by Gasteiger charge is 2.10. The first-order chi connectivity index (χ1) is 11.2. The minimum atomic E-state index is -0.187. The monoisotopic (exact) mass is 318 g/mol. The van der Waals surface area contributed by atoms with Gasteiger partial charge in [0.05, 0.1) is 7.11 Å². The first-order valence-electron chi connectivity index (χ1n) is 8.69. The number of ether oxygens (including phenoxy) is 2. The fourth-order valence-electron chi connectivity index (χ4n) is 2.49. The van der Waals surface area contributed by atoms with E-state index in [1.54, 1.807) is 13.2 Å². The summed E-state index contributed by atoms with van der Waals surface area (Å²) in [6.07, 6.45) is 11.4. The van der Waals surface area contributed by atoms with E-state index in [9.17, 15) is 4.79 Å². The Labute approximate surface area is 140 Å². The molecule has 0 radical (unpaired) electrons. The van der Waals surface area contributed by atoms with Crippen molar-refractivity contribution in [1.29, 1.82) is 0 Å². The van der Waals surface area contributed by atoms with E-state index >= 15 is 0 Å². The predicted octanol–water partition coefficient (Wildman–Crippen LogP) is 5.47. The van der Waals surface area contributed by atoms with Crippen LogP contribution in [0.25, 0.3) is 0 Å². The molecule has 0 aromatic heterocycles. The maximum absolute atomic E-state index is 11.9. The van der Waals surface area contributed by atoms with Gasteiger partial charge in [-0.2, -0.15) is 0 Å². The van der Waals surface area contributed by atoms with Crippen LogP contribution in [0.2, 0.25) is 0 Å². The summed E-state index contributed by atoms with van der Waals surface area (Å²) in [5.74, 6) is 0.902. The van der Waals surface area contributed by atoms with E-state index in [0.29, 0.717) is 17.9 Å². The predicted molar refractivity (Wildman–Crippen MR) is 95.1 cm³/mol. The lowest BCUT2D eigenvalue weighted by Crippen LogP contribution is -2.08. The van der Waals surface area contributed by atoms with Crippen molar-refractivity contribution in [2.45, 2.75) is 64.7 Å². The number of benzene rings is 1. The van der Waals surface area contributed by atoms with Gasteiger partial charge in [0.15, 0.2) is 11.5 Å². The molecule has 1 aromatic carbocycles. The lowest BCUT2D eigenvalue weighted by Gasteiger charge is -2.10. The Kier molecular flexibility index (Phi) is 9.85. The van der Waals surface area contributed by atoms with Gasteiger partial charge in [-0.25, -0.2) is 0 Å². The van der Waals surface area contributed by atoms with Crippen LogP contribution < -0.4 is 9.47 Å². The van der Waals surface area contributed by atoms with Crippen molar-refractivity contribution in [2.75, 3.05) is 7.11 Å². The normalized spacial score (nSPS) is 10.3. The van der Waals surface area contributed by atoms with Gasteiger partial charge in [-0.1, -0.05) is 57.6 Å². The zero-order valence-electron chi connectivity index (χ0n) is 14.6. The van der Waals surface area contributed by atoms with Gasteiger partial charge in [0.2, 0.25) is 0 Å². The number of rotatable bonds is 12. The van der Waals surface area contributed by atoms with Gasteiger partial charge in [0.25, 0.3) is 0 Å². The van der Waals surface area contributed by atoms with E-state index < -0.39 is 0 Å². The van der Waals surface area contributed by atoms with Crippen LogP contribution in [0.5, 0.6) is 11.5 Å². The van der Waals surface area contributed by atoms with Gasteiger partial charge in [-0.15, -0.1) is 6.58 Å². The third kappa shape index (κ3) is 7.87. The summed E-state index contributed by atoms with van der Waals surface area (Å²) in [5, 5.41) is 0. The van der Waals surface area contributed by atoms with Crippen molar-refractivity contribution in [3.05, 3.63) is 36.4 Å². The molecule has 0 heterocycles. The number of unbranched alkanes of at least 4 members (excludes halogenated alkanes) is 6. The third-order valence-electron chi connectivity index (χ3n) is 3.82. The molecule has 0 fully saturated rings. The molecule has 0 saturated carbocycles. The van der Waals surface area contributed by atoms with Gasteiger partial charge in [0, 0.05) is 6.42 Å².